The molecule has 0 spiro atoms. The monoisotopic (exact) mass is 211 g/mol. The highest BCUT2D eigenvalue weighted by Gasteiger charge is 1.94. The molecule has 0 atom stereocenters. The summed E-state index contributed by atoms with van der Waals surface area (Å²) in [5.74, 6) is 0. The van der Waals surface area contributed by atoms with Gasteiger partial charge in [0.1, 0.15) is 0 Å². The van der Waals surface area contributed by atoms with Crippen LogP contribution in [0.4, 0.5) is 0 Å². The van der Waals surface area contributed by atoms with Gasteiger partial charge in [-0.15, -0.1) is 0 Å². The molecule has 90 valence electrons. The van der Waals surface area contributed by atoms with Gasteiger partial charge in [0.15, 0.2) is 0 Å². The van der Waals surface area contributed by atoms with Gasteiger partial charge in [-0.25, -0.2) is 0 Å². The molecule has 0 heterocycles. The van der Waals surface area contributed by atoms with Gasteiger partial charge in [0.05, 0.1) is 0 Å². The van der Waals surface area contributed by atoms with E-state index in [1.165, 1.54) is 57.1 Å². The van der Waals surface area contributed by atoms with E-state index in [4.69, 9.17) is 0 Å². The Bertz CT molecular complexity index is 140. The van der Waals surface area contributed by atoms with Crippen LogP contribution >= 0.6 is 0 Å². The number of nitrogens with one attached hydrogen (secondary N) is 1. The van der Waals surface area contributed by atoms with Gasteiger partial charge in [0.2, 0.25) is 0 Å². The van der Waals surface area contributed by atoms with Gasteiger partial charge in [0.25, 0.3) is 0 Å². The van der Waals surface area contributed by atoms with Crippen LogP contribution in [-0.2, 0) is 0 Å². The zero-order valence-corrected chi connectivity index (χ0v) is 10.8. The first-order valence-corrected chi connectivity index (χ1v) is 6.72. The number of unbranched alkanes of at least 4 members (excludes halogenated alkanes) is 6. The van der Waals surface area contributed by atoms with E-state index < -0.39 is 0 Å². The Balaban J connectivity index is 3.10. The molecule has 0 aromatic heterocycles. The molecule has 0 bridgehead atoms. The van der Waals surface area contributed by atoms with Gasteiger partial charge in [-0.05, 0) is 19.3 Å². The van der Waals surface area contributed by atoms with Gasteiger partial charge in [0, 0.05) is 12.2 Å². The number of hydrogen-bond acceptors (Lipinski definition) is 1. The van der Waals surface area contributed by atoms with Gasteiger partial charge in [-0.1, -0.05) is 59.0 Å². The van der Waals surface area contributed by atoms with E-state index in [1.54, 1.807) is 0 Å². The Morgan fingerprint density at radius 2 is 1.47 bits per heavy atom. The molecule has 0 rings (SSSR count). The highest BCUT2D eigenvalue weighted by atomic mass is 14.9. The smallest absolute Gasteiger partial charge is 0.0143 e. The Labute approximate surface area is 96.3 Å². The molecule has 0 saturated carbocycles. The molecule has 0 fully saturated rings. The van der Waals surface area contributed by atoms with Crippen LogP contribution in [0.3, 0.4) is 0 Å². The lowest BCUT2D eigenvalue weighted by atomic mass is 10.1. The molecule has 0 aliphatic carbocycles. The lowest BCUT2D eigenvalue weighted by molar-refractivity contribution is 0.592. The molecule has 0 radical (unpaired) electrons. The Hall–Kier alpha value is -0.460. The molecule has 1 heteroatoms. The molecular formula is C14H29N. The number of allylic oxidation sites excluding steroid dienone is 1. The van der Waals surface area contributed by atoms with E-state index in [0.29, 0.717) is 0 Å². The van der Waals surface area contributed by atoms with Crippen molar-refractivity contribution in [2.45, 2.75) is 71.6 Å². The Kier molecular flexibility index (Phi) is 11.3. The molecule has 0 saturated heterocycles. The maximum absolute atomic E-state index is 4.05. The third-order valence-electron chi connectivity index (χ3n) is 2.74. The Morgan fingerprint density at radius 1 is 0.867 bits per heavy atom. The third-order valence-corrected chi connectivity index (χ3v) is 2.74. The minimum atomic E-state index is 1.10. The van der Waals surface area contributed by atoms with Crippen LogP contribution in [-0.4, -0.2) is 6.54 Å². The second-order valence-electron chi connectivity index (χ2n) is 4.40. The van der Waals surface area contributed by atoms with E-state index in [1.807, 2.05) is 0 Å². The molecule has 0 aliphatic heterocycles. The highest BCUT2D eigenvalue weighted by molar-refractivity contribution is 4.90. The summed E-state index contributed by atoms with van der Waals surface area (Å²) in [6, 6.07) is 0. The van der Waals surface area contributed by atoms with Gasteiger partial charge < -0.3 is 5.32 Å². The van der Waals surface area contributed by atoms with Crippen LogP contribution in [0.5, 0.6) is 0 Å². The zero-order chi connectivity index (χ0) is 11.4. The third kappa shape index (κ3) is 11.5. The summed E-state index contributed by atoms with van der Waals surface area (Å²) in [5.41, 5.74) is 1.24. The van der Waals surface area contributed by atoms with Crippen LogP contribution in [0, 0.1) is 0 Å². The summed E-state index contributed by atoms with van der Waals surface area (Å²) in [4.78, 5) is 0. The second-order valence-corrected chi connectivity index (χ2v) is 4.40. The summed E-state index contributed by atoms with van der Waals surface area (Å²) >= 11 is 0. The van der Waals surface area contributed by atoms with Crippen LogP contribution in [0.1, 0.15) is 71.6 Å². The second kappa shape index (κ2) is 11.6. The molecule has 0 aromatic carbocycles. The van der Waals surface area contributed by atoms with Crippen molar-refractivity contribution >= 4 is 0 Å². The maximum atomic E-state index is 4.05. The fourth-order valence-corrected chi connectivity index (χ4v) is 1.65. The van der Waals surface area contributed by atoms with Gasteiger partial charge in [-0.3, -0.25) is 0 Å². The first-order valence-electron chi connectivity index (χ1n) is 6.72. The topological polar surface area (TPSA) is 12.0 Å². The highest BCUT2D eigenvalue weighted by Crippen LogP contribution is 2.09. The Morgan fingerprint density at radius 3 is 2.13 bits per heavy atom. The van der Waals surface area contributed by atoms with Crippen molar-refractivity contribution in [2.75, 3.05) is 6.54 Å². The quantitative estimate of drug-likeness (QED) is 0.491. The van der Waals surface area contributed by atoms with Crippen molar-refractivity contribution in [1.82, 2.24) is 5.32 Å². The lowest BCUT2D eigenvalue weighted by Gasteiger charge is -2.08. The summed E-state index contributed by atoms with van der Waals surface area (Å²) in [7, 11) is 0. The number of rotatable bonds is 11. The predicted octanol–water partition coefficient (Wildman–Crippen LogP) is 4.64. The molecule has 0 unspecified atom stereocenters. The van der Waals surface area contributed by atoms with Crippen molar-refractivity contribution in [1.29, 1.82) is 0 Å². The van der Waals surface area contributed by atoms with Crippen molar-refractivity contribution in [3.05, 3.63) is 12.3 Å². The fourth-order valence-electron chi connectivity index (χ4n) is 1.65. The molecule has 15 heavy (non-hydrogen) atoms. The van der Waals surface area contributed by atoms with E-state index in [-0.39, 0.29) is 0 Å². The van der Waals surface area contributed by atoms with Crippen molar-refractivity contribution in [3.63, 3.8) is 0 Å². The van der Waals surface area contributed by atoms with Crippen molar-refractivity contribution < 1.29 is 0 Å². The average Bonchev–Trinajstić information content (AvgIpc) is 2.23. The summed E-state index contributed by atoms with van der Waals surface area (Å²) in [6.07, 6.45) is 11.9. The predicted molar refractivity (Wildman–Crippen MR) is 70.0 cm³/mol. The normalized spacial score (nSPS) is 10.3. The molecule has 0 aliphatic rings. The summed E-state index contributed by atoms with van der Waals surface area (Å²) in [6.45, 7) is 9.64. The van der Waals surface area contributed by atoms with E-state index >= 15 is 0 Å². The first-order chi connectivity index (χ1) is 7.31. The van der Waals surface area contributed by atoms with Gasteiger partial charge in [-0.2, -0.15) is 0 Å². The van der Waals surface area contributed by atoms with Crippen molar-refractivity contribution in [3.8, 4) is 0 Å². The standard InChI is InChI=1S/C14H29N/c1-4-6-8-9-10-11-12-14(3)15-13-7-5-2/h15H,3-13H2,1-2H3. The SMILES string of the molecule is C=C(CCCCCCCC)NCCCC. The van der Waals surface area contributed by atoms with Crippen LogP contribution in [0.25, 0.3) is 0 Å². The van der Waals surface area contributed by atoms with Gasteiger partial charge >= 0.3 is 0 Å². The van der Waals surface area contributed by atoms with Crippen LogP contribution in [0.15, 0.2) is 12.3 Å². The molecule has 0 aromatic rings. The average molecular weight is 211 g/mol. The van der Waals surface area contributed by atoms with Crippen molar-refractivity contribution in [2.24, 2.45) is 0 Å². The largest absolute Gasteiger partial charge is 0.389 e. The molecule has 0 amide bonds. The zero-order valence-electron chi connectivity index (χ0n) is 10.8. The maximum Gasteiger partial charge on any atom is 0.0143 e. The molecular weight excluding hydrogens is 182 g/mol. The van der Waals surface area contributed by atoms with Crippen LogP contribution < -0.4 is 5.32 Å². The van der Waals surface area contributed by atoms with E-state index in [9.17, 15) is 0 Å². The lowest BCUT2D eigenvalue weighted by Crippen LogP contribution is -2.13. The molecule has 1 nitrogen and oxygen atoms in total. The van der Waals surface area contributed by atoms with E-state index in [0.717, 1.165) is 13.0 Å². The first kappa shape index (κ1) is 14.5. The summed E-state index contributed by atoms with van der Waals surface area (Å²) in [5, 5.41) is 3.39. The summed E-state index contributed by atoms with van der Waals surface area (Å²) < 4.78 is 0. The minimum absolute atomic E-state index is 1.10. The number of hydrogen-bond donors (Lipinski definition) is 1. The minimum Gasteiger partial charge on any atom is -0.389 e. The fraction of sp³-hybridized carbons (Fsp3) is 0.857. The van der Waals surface area contributed by atoms with E-state index in [2.05, 4.69) is 25.7 Å². The van der Waals surface area contributed by atoms with Crippen LogP contribution in [0.2, 0.25) is 0 Å². The molecule has 1 N–H and O–H groups in total.